The Labute approximate surface area is 145 Å². The van der Waals surface area contributed by atoms with Crippen molar-refractivity contribution in [2.45, 2.75) is 6.92 Å². The molecule has 0 saturated heterocycles. The molecule has 0 bridgehead atoms. The summed E-state index contributed by atoms with van der Waals surface area (Å²) in [7, 11) is 0. The van der Waals surface area contributed by atoms with E-state index in [4.69, 9.17) is 4.74 Å². The number of nitrogens with zero attached hydrogens (tertiary/aromatic N) is 4. The van der Waals surface area contributed by atoms with E-state index in [1.54, 1.807) is 30.6 Å². The van der Waals surface area contributed by atoms with E-state index >= 15 is 0 Å². The molecule has 3 rings (SSSR count). The Bertz CT molecular complexity index is 868. The monoisotopic (exact) mass is 335 g/mol. The number of hydrogen-bond acceptors (Lipinski definition) is 7. The molecule has 7 heteroatoms. The average Bonchev–Trinajstić information content (AvgIpc) is 2.65. The van der Waals surface area contributed by atoms with Gasteiger partial charge in [0.1, 0.15) is 0 Å². The summed E-state index contributed by atoms with van der Waals surface area (Å²) in [5.41, 5.74) is 5.17. The largest absolute Gasteiger partial charge is 0.504 e. The number of hydrogen-bond donors (Lipinski definition) is 2. The topological polar surface area (TPSA) is 92.5 Å². The summed E-state index contributed by atoms with van der Waals surface area (Å²) in [4.78, 5) is 4.37. The fourth-order valence-corrected chi connectivity index (χ4v) is 2.15. The van der Waals surface area contributed by atoms with Crippen molar-refractivity contribution in [3.05, 3.63) is 60.3 Å². The van der Waals surface area contributed by atoms with Crippen molar-refractivity contribution in [2.24, 2.45) is 5.10 Å². The molecule has 7 nitrogen and oxygen atoms in total. The van der Waals surface area contributed by atoms with Gasteiger partial charge in [0, 0.05) is 5.56 Å². The number of aromatic hydroxyl groups is 1. The van der Waals surface area contributed by atoms with Crippen LogP contribution in [0.5, 0.6) is 11.5 Å². The zero-order valence-electron chi connectivity index (χ0n) is 13.6. The highest BCUT2D eigenvalue weighted by atomic mass is 16.5. The maximum absolute atomic E-state index is 9.69. The quantitative estimate of drug-likeness (QED) is 0.531. The Morgan fingerprint density at radius 3 is 2.84 bits per heavy atom. The second-order valence-corrected chi connectivity index (χ2v) is 5.06. The molecule has 126 valence electrons. The lowest BCUT2D eigenvalue weighted by Crippen LogP contribution is -2.00. The Morgan fingerprint density at radius 1 is 1.20 bits per heavy atom. The van der Waals surface area contributed by atoms with Crippen LogP contribution in [0.25, 0.3) is 11.3 Å². The van der Waals surface area contributed by atoms with Crippen LogP contribution in [-0.4, -0.2) is 33.1 Å². The van der Waals surface area contributed by atoms with Crippen molar-refractivity contribution < 1.29 is 9.84 Å². The van der Waals surface area contributed by atoms with E-state index in [0.29, 0.717) is 24.0 Å². The van der Waals surface area contributed by atoms with E-state index in [-0.39, 0.29) is 5.75 Å². The standard InChI is InChI=1S/C18H17N5O2/c1-2-25-17-10-13(8-9-16(17)24)11-19-22-18-21-15(12-20-23-18)14-6-4-3-5-7-14/h3-12,24H,2H2,1H3,(H,21,22,23)/b19-11-. The zero-order valence-corrected chi connectivity index (χ0v) is 13.6. The molecule has 2 aromatic carbocycles. The SMILES string of the molecule is CCOc1cc(/C=N\Nc2nncc(-c3ccccc3)n2)ccc1O. The van der Waals surface area contributed by atoms with Crippen molar-refractivity contribution in [1.29, 1.82) is 0 Å². The van der Waals surface area contributed by atoms with Crippen molar-refractivity contribution in [3.63, 3.8) is 0 Å². The van der Waals surface area contributed by atoms with Crippen molar-refractivity contribution in [1.82, 2.24) is 15.2 Å². The second-order valence-electron chi connectivity index (χ2n) is 5.06. The van der Waals surface area contributed by atoms with Crippen LogP contribution in [0.4, 0.5) is 5.95 Å². The predicted molar refractivity (Wildman–Crippen MR) is 95.8 cm³/mol. The molecule has 2 N–H and O–H groups in total. The molecule has 0 saturated carbocycles. The molecule has 0 fully saturated rings. The molecule has 0 atom stereocenters. The number of benzene rings is 2. The molecule has 0 aliphatic carbocycles. The fraction of sp³-hybridized carbons (Fsp3) is 0.111. The summed E-state index contributed by atoms with van der Waals surface area (Å²) in [6, 6.07) is 14.7. The molecule has 0 amide bonds. The van der Waals surface area contributed by atoms with Crippen LogP contribution in [0.15, 0.2) is 59.8 Å². The van der Waals surface area contributed by atoms with Gasteiger partial charge in [0.2, 0.25) is 0 Å². The van der Waals surface area contributed by atoms with Crippen molar-refractivity contribution in [2.75, 3.05) is 12.0 Å². The maximum Gasteiger partial charge on any atom is 0.263 e. The summed E-state index contributed by atoms with van der Waals surface area (Å²) in [6.45, 7) is 2.32. The van der Waals surface area contributed by atoms with Gasteiger partial charge in [0.25, 0.3) is 5.95 Å². The third-order valence-electron chi connectivity index (χ3n) is 3.29. The number of ether oxygens (including phenoxy) is 1. The minimum absolute atomic E-state index is 0.0926. The zero-order chi connectivity index (χ0) is 17.5. The number of nitrogens with one attached hydrogen (secondary N) is 1. The smallest absolute Gasteiger partial charge is 0.263 e. The highest BCUT2D eigenvalue weighted by Gasteiger charge is 2.03. The summed E-state index contributed by atoms with van der Waals surface area (Å²) in [5.74, 6) is 0.798. The molecule has 1 aromatic heterocycles. The minimum atomic E-state index is 0.0926. The first-order valence-corrected chi connectivity index (χ1v) is 7.76. The molecule has 0 aliphatic heterocycles. The van der Waals surface area contributed by atoms with Crippen LogP contribution in [0, 0.1) is 0 Å². The van der Waals surface area contributed by atoms with Crippen LogP contribution in [-0.2, 0) is 0 Å². The molecular formula is C18H17N5O2. The Kier molecular flexibility index (Phi) is 5.16. The van der Waals surface area contributed by atoms with Gasteiger partial charge in [-0.2, -0.15) is 10.2 Å². The number of hydrazone groups is 1. The molecule has 1 heterocycles. The van der Waals surface area contributed by atoms with Gasteiger partial charge in [-0.1, -0.05) is 30.3 Å². The maximum atomic E-state index is 9.69. The van der Waals surface area contributed by atoms with Gasteiger partial charge in [-0.25, -0.2) is 10.4 Å². The lowest BCUT2D eigenvalue weighted by molar-refractivity contribution is 0.318. The van der Waals surface area contributed by atoms with Gasteiger partial charge < -0.3 is 9.84 Å². The van der Waals surface area contributed by atoms with Gasteiger partial charge in [-0.05, 0) is 30.7 Å². The van der Waals surface area contributed by atoms with Gasteiger partial charge in [-0.15, -0.1) is 5.10 Å². The van der Waals surface area contributed by atoms with Gasteiger partial charge in [0.15, 0.2) is 11.5 Å². The summed E-state index contributed by atoms with van der Waals surface area (Å²) in [5, 5.41) is 21.6. The molecule has 0 aliphatic rings. The predicted octanol–water partition coefficient (Wildman–Crippen LogP) is 3.09. The van der Waals surface area contributed by atoms with Crippen molar-refractivity contribution in [3.8, 4) is 22.8 Å². The molecule has 25 heavy (non-hydrogen) atoms. The molecule has 0 spiro atoms. The Morgan fingerprint density at radius 2 is 2.04 bits per heavy atom. The number of rotatable bonds is 6. The van der Waals surface area contributed by atoms with E-state index in [0.717, 1.165) is 11.1 Å². The molecular weight excluding hydrogens is 318 g/mol. The number of anilines is 1. The Hall–Kier alpha value is -3.48. The normalized spacial score (nSPS) is 10.8. The molecule has 3 aromatic rings. The van der Waals surface area contributed by atoms with E-state index in [1.807, 2.05) is 37.3 Å². The highest BCUT2D eigenvalue weighted by molar-refractivity contribution is 5.81. The van der Waals surface area contributed by atoms with Crippen LogP contribution in [0.3, 0.4) is 0 Å². The summed E-state index contributed by atoms with van der Waals surface area (Å²) >= 11 is 0. The minimum Gasteiger partial charge on any atom is -0.504 e. The first-order chi connectivity index (χ1) is 12.3. The van der Waals surface area contributed by atoms with E-state index < -0.39 is 0 Å². The summed E-state index contributed by atoms with van der Waals surface area (Å²) < 4.78 is 5.34. The average molecular weight is 335 g/mol. The highest BCUT2D eigenvalue weighted by Crippen LogP contribution is 2.26. The Balaban J connectivity index is 1.71. The van der Waals surface area contributed by atoms with Crippen LogP contribution in [0.2, 0.25) is 0 Å². The summed E-state index contributed by atoms with van der Waals surface area (Å²) in [6.07, 6.45) is 3.18. The van der Waals surface area contributed by atoms with Crippen molar-refractivity contribution >= 4 is 12.2 Å². The van der Waals surface area contributed by atoms with E-state index in [9.17, 15) is 5.11 Å². The molecule has 0 unspecified atom stereocenters. The third-order valence-corrected chi connectivity index (χ3v) is 3.29. The van der Waals surface area contributed by atoms with Crippen LogP contribution in [0.1, 0.15) is 12.5 Å². The fourth-order valence-electron chi connectivity index (χ4n) is 2.15. The second kappa shape index (κ2) is 7.87. The van der Waals surface area contributed by atoms with E-state index in [1.165, 1.54) is 0 Å². The van der Waals surface area contributed by atoms with Crippen LogP contribution >= 0.6 is 0 Å². The van der Waals surface area contributed by atoms with Gasteiger partial charge in [-0.3, -0.25) is 0 Å². The first kappa shape index (κ1) is 16.4. The number of phenols is 1. The third kappa shape index (κ3) is 4.29. The molecule has 0 radical (unpaired) electrons. The number of aromatic nitrogens is 3. The van der Waals surface area contributed by atoms with Gasteiger partial charge >= 0.3 is 0 Å². The first-order valence-electron chi connectivity index (χ1n) is 7.76. The van der Waals surface area contributed by atoms with Gasteiger partial charge in [0.05, 0.1) is 24.7 Å². The van der Waals surface area contributed by atoms with E-state index in [2.05, 4.69) is 25.7 Å². The lowest BCUT2D eigenvalue weighted by atomic mass is 10.2. The van der Waals surface area contributed by atoms with Crippen LogP contribution < -0.4 is 10.2 Å². The lowest BCUT2D eigenvalue weighted by Gasteiger charge is -2.06. The number of phenolic OH excluding ortho intramolecular Hbond substituents is 1.